The Balaban J connectivity index is 1.91. The number of carbonyl (C=O) groups excluding carboxylic acids is 1. The second-order valence-corrected chi connectivity index (χ2v) is 3.53. The van der Waals surface area contributed by atoms with Gasteiger partial charge in [-0.25, -0.2) is 0 Å². The lowest BCUT2D eigenvalue weighted by molar-refractivity contribution is -0.118. The maximum absolute atomic E-state index is 10.8. The van der Waals surface area contributed by atoms with E-state index < -0.39 is 0 Å². The fourth-order valence-corrected chi connectivity index (χ4v) is 1.22. The average molecular weight is 276 g/mol. The predicted molar refractivity (Wildman–Crippen MR) is 59.8 cm³/mol. The smallest absolute Gasteiger partial charge is 0.230 e. The molecule has 0 aliphatic carbocycles. The number of furan rings is 1. The first-order chi connectivity index (χ1) is 7.33. The molecule has 0 spiro atoms. The number of rotatable bonds is 7. The standard InChI is InChI=1S/C10H14BrNO3/c11-7-10(13)12-4-2-5-14-8-9-3-1-6-15-9/h1,3,6H,2,4-5,7-8H2,(H,12,13). The Morgan fingerprint density at radius 3 is 3.13 bits per heavy atom. The number of ether oxygens (including phenoxy) is 1. The van der Waals surface area contributed by atoms with Crippen molar-refractivity contribution in [3.05, 3.63) is 24.2 Å². The summed E-state index contributed by atoms with van der Waals surface area (Å²) in [6, 6.07) is 3.70. The van der Waals surface area contributed by atoms with Crippen LogP contribution in [0.3, 0.4) is 0 Å². The van der Waals surface area contributed by atoms with Crippen LogP contribution in [0, 0.1) is 0 Å². The lowest BCUT2D eigenvalue weighted by Crippen LogP contribution is -2.25. The van der Waals surface area contributed by atoms with Gasteiger partial charge in [0, 0.05) is 13.2 Å². The molecule has 1 aromatic rings. The highest BCUT2D eigenvalue weighted by molar-refractivity contribution is 9.09. The van der Waals surface area contributed by atoms with Crippen molar-refractivity contribution in [3.8, 4) is 0 Å². The monoisotopic (exact) mass is 275 g/mol. The molecule has 5 heteroatoms. The van der Waals surface area contributed by atoms with E-state index >= 15 is 0 Å². The van der Waals surface area contributed by atoms with Gasteiger partial charge < -0.3 is 14.5 Å². The fraction of sp³-hybridized carbons (Fsp3) is 0.500. The molecule has 1 amide bonds. The summed E-state index contributed by atoms with van der Waals surface area (Å²) in [6.45, 7) is 1.74. The molecule has 0 aliphatic rings. The molecule has 84 valence electrons. The molecule has 0 bridgehead atoms. The summed E-state index contributed by atoms with van der Waals surface area (Å²) in [4.78, 5) is 10.8. The maximum Gasteiger partial charge on any atom is 0.230 e. The topological polar surface area (TPSA) is 51.5 Å². The first kappa shape index (κ1) is 12.3. The van der Waals surface area contributed by atoms with Crippen molar-refractivity contribution >= 4 is 21.8 Å². The Morgan fingerprint density at radius 1 is 1.60 bits per heavy atom. The van der Waals surface area contributed by atoms with Crippen molar-refractivity contribution < 1.29 is 13.9 Å². The summed E-state index contributed by atoms with van der Waals surface area (Å²) in [6.07, 6.45) is 2.42. The lowest BCUT2D eigenvalue weighted by atomic mass is 10.4. The van der Waals surface area contributed by atoms with Crippen LogP contribution in [-0.2, 0) is 16.1 Å². The Morgan fingerprint density at radius 2 is 2.47 bits per heavy atom. The third-order valence-electron chi connectivity index (χ3n) is 1.73. The highest BCUT2D eigenvalue weighted by Gasteiger charge is 1.97. The second-order valence-electron chi connectivity index (χ2n) is 2.97. The number of hydrogen-bond acceptors (Lipinski definition) is 3. The van der Waals surface area contributed by atoms with Crippen molar-refractivity contribution in [2.45, 2.75) is 13.0 Å². The fourth-order valence-electron chi connectivity index (χ4n) is 1.02. The number of alkyl halides is 1. The van der Waals surface area contributed by atoms with Gasteiger partial charge >= 0.3 is 0 Å². The van der Waals surface area contributed by atoms with E-state index in [0.717, 1.165) is 12.2 Å². The molecule has 0 atom stereocenters. The lowest BCUT2D eigenvalue weighted by Gasteiger charge is -2.03. The van der Waals surface area contributed by atoms with Crippen LogP contribution in [0.2, 0.25) is 0 Å². The third-order valence-corrected chi connectivity index (χ3v) is 2.24. The molecule has 1 heterocycles. The maximum atomic E-state index is 10.8. The molecule has 0 saturated carbocycles. The number of halogens is 1. The summed E-state index contributed by atoms with van der Waals surface area (Å²) >= 11 is 3.07. The van der Waals surface area contributed by atoms with Crippen LogP contribution in [0.5, 0.6) is 0 Å². The first-order valence-electron chi connectivity index (χ1n) is 4.75. The van der Waals surface area contributed by atoms with Gasteiger partial charge in [-0.2, -0.15) is 0 Å². The molecule has 4 nitrogen and oxygen atoms in total. The second kappa shape index (κ2) is 7.48. The quantitative estimate of drug-likeness (QED) is 0.609. The van der Waals surface area contributed by atoms with Crippen LogP contribution in [0.15, 0.2) is 22.8 Å². The van der Waals surface area contributed by atoms with Crippen LogP contribution >= 0.6 is 15.9 Å². The molecule has 1 rings (SSSR count). The highest BCUT2D eigenvalue weighted by Crippen LogP contribution is 2.01. The zero-order valence-corrected chi connectivity index (χ0v) is 9.96. The summed E-state index contributed by atoms with van der Waals surface area (Å²) in [5.41, 5.74) is 0. The van der Waals surface area contributed by atoms with Crippen LogP contribution in [0.4, 0.5) is 0 Å². The van der Waals surface area contributed by atoms with E-state index in [1.807, 2.05) is 12.1 Å². The number of nitrogens with one attached hydrogen (secondary N) is 1. The van der Waals surface area contributed by atoms with E-state index in [1.165, 1.54) is 0 Å². The minimum absolute atomic E-state index is 0.000958. The average Bonchev–Trinajstić information content (AvgIpc) is 2.75. The normalized spacial score (nSPS) is 10.2. The van der Waals surface area contributed by atoms with Crippen molar-refractivity contribution in [1.29, 1.82) is 0 Å². The van der Waals surface area contributed by atoms with Crippen molar-refractivity contribution in [2.24, 2.45) is 0 Å². The predicted octanol–water partition coefficient (Wildman–Crippen LogP) is 1.70. The molecule has 0 aromatic carbocycles. The third kappa shape index (κ3) is 5.59. The van der Waals surface area contributed by atoms with Crippen molar-refractivity contribution in [3.63, 3.8) is 0 Å². The van der Waals surface area contributed by atoms with Gasteiger partial charge in [0.05, 0.1) is 11.6 Å². The van der Waals surface area contributed by atoms with Gasteiger partial charge in [-0.05, 0) is 18.6 Å². The highest BCUT2D eigenvalue weighted by atomic mass is 79.9. The Kier molecular flexibility index (Phi) is 6.11. The van der Waals surface area contributed by atoms with Gasteiger partial charge in [0.25, 0.3) is 0 Å². The van der Waals surface area contributed by atoms with Gasteiger partial charge in [0.15, 0.2) is 0 Å². The Hall–Kier alpha value is -0.810. The van der Waals surface area contributed by atoms with Gasteiger partial charge in [-0.15, -0.1) is 0 Å². The molecular formula is C10H14BrNO3. The molecule has 0 radical (unpaired) electrons. The molecule has 0 unspecified atom stereocenters. The van der Waals surface area contributed by atoms with E-state index in [1.54, 1.807) is 6.26 Å². The van der Waals surface area contributed by atoms with E-state index in [-0.39, 0.29) is 5.91 Å². The minimum Gasteiger partial charge on any atom is -0.467 e. The van der Waals surface area contributed by atoms with Crippen LogP contribution in [0.1, 0.15) is 12.2 Å². The summed E-state index contributed by atoms with van der Waals surface area (Å²) in [5, 5.41) is 3.08. The van der Waals surface area contributed by atoms with Gasteiger partial charge in [-0.1, -0.05) is 15.9 Å². The number of hydrogen-bond donors (Lipinski definition) is 1. The Labute approximate surface area is 97.1 Å². The summed E-state index contributed by atoms with van der Waals surface area (Å²) in [7, 11) is 0. The molecule has 0 saturated heterocycles. The number of amides is 1. The Bertz CT molecular complexity index is 274. The molecule has 1 N–H and O–H groups in total. The molecule has 15 heavy (non-hydrogen) atoms. The van der Waals surface area contributed by atoms with Crippen LogP contribution in [0.25, 0.3) is 0 Å². The number of carbonyl (C=O) groups is 1. The molecular weight excluding hydrogens is 262 g/mol. The molecule has 1 aromatic heterocycles. The van der Waals surface area contributed by atoms with Crippen molar-refractivity contribution in [1.82, 2.24) is 5.32 Å². The van der Waals surface area contributed by atoms with Crippen molar-refractivity contribution in [2.75, 3.05) is 18.5 Å². The zero-order chi connectivity index (χ0) is 10.9. The first-order valence-corrected chi connectivity index (χ1v) is 5.88. The van der Waals surface area contributed by atoms with Gasteiger partial charge in [0.2, 0.25) is 5.91 Å². The van der Waals surface area contributed by atoms with Gasteiger partial charge in [-0.3, -0.25) is 4.79 Å². The summed E-state index contributed by atoms with van der Waals surface area (Å²) in [5.74, 6) is 0.820. The zero-order valence-electron chi connectivity index (χ0n) is 8.37. The minimum atomic E-state index is 0.000958. The van der Waals surface area contributed by atoms with E-state index in [9.17, 15) is 4.79 Å². The van der Waals surface area contributed by atoms with E-state index in [0.29, 0.717) is 25.1 Å². The largest absolute Gasteiger partial charge is 0.467 e. The van der Waals surface area contributed by atoms with Gasteiger partial charge in [0.1, 0.15) is 12.4 Å². The van der Waals surface area contributed by atoms with E-state index in [2.05, 4.69) is 21.2 Å². The molecule has 0 aliphatic heterocycles. The van der Waals surface area contributed by atoms with E-state index in [4.69, 9.17) is 9.15 Å². The summed E-state index contributed by atoms with van der Waals surface area (Å²) < 4.78 is 10.4. The molecule has 0 fully saturated rings. The van der Waals surface area contributed by atoms with Crippen LogP contribution in [-0.4, -0.2) is 24.4 Å². The van der Waals surface area contributed by atoms with Crippen LogP contribution < -0.4 is 5.32 Å². The SMILES string of the molecule is O=C(CBr)NCCCOCc1ccco1.